The van der Waals surface area contributed by atoms with Crippen molar-refractivity contribution in [1.29, 1.82) is 0 Å². The number of aryl methyl sites for hydroxylation is 1. The lowest BCUT2D eigenvalue weighted by atomic mass is 10.1. The maximum Gasteiger partial charge on any atom is 0.0315 e. The Morgan fingerprint density at radius 3 is 3.24 bits per heavy atom. The zero-order chi connectivity index (χ0) is 12.1. The van der Waals surface area contributed by atoms with Crippen molar-refractivity contribution in [2.24, 2.45) is 5.92 Å². The molecule has 0 aromatic carbocycles. The highest BCUT2D eigenvalue weighted by Gasteiger charge is 2.14. The van der Waals surface area contributed by atoms with E-state index in [2.05, 4.69) is 35.1 Å². The minimum Gasteiger partial charge on any atom is -0.316 e. The van der Waals surface area contributed by atoms with Gasteiger partial charge in [0.2, 0.25) is 0 Å². The highest BCUT2D eigenvalue weighted by molar-refractivity contribution is 5.21. The van der Waals surface area contributed by atoms with Crippen LogP contribution < -0.4 is 5.32 Å². The summed E-state index contributed by atoms with van der Waals surface area (Å²) in [4.78, 5) is 6.80. The van der Waals surface area contributed by atoms with E-state index in [1.54, 1.807) is 0 Å². The van der Waals surface area contributed by atoms with Crippen LogP contribution in [0, 0.1) is 12.8 Å². The predicted molar refractivity (Wildman–Crippen MR) is 70.9 cm³/mol. The maximum absolute atomic E-state index is 4.23. The van der Waals surface area contributed by atoms with Crippen LogP contribution in [0.15, 0.2) is 18.5 Å². The Labute approximate surface area is 104 Å². The van der Waals surface area contributed by atoms with Gasteiger partial charge in [-0.3, -0.25) is 9.88 Å². The number of hydrogen-bond acceptors (Lipinski definition) is 3. The molecule has 2 rings (SSSR count). The van der Waals surface area contributed by atoms with Crippen molar-refractivity contribution in [2.75, 3.05) is 26.2 Å². The first-order chi connectivity index (χ1) is 8.25. The second kappa shape index (κ2) is 6.12. The van der Waals surface area contributed by atoms with E-state index in [1.807, 2.05) is 12.4 Å². The molecule has 1 N–H and O–H groups in total. The van der Waals surface area contributed by atoms with Crippen LogP contribution in [0.3, 0.4) is 0 Å². The summed E-state index contributed by atoms with van der Waals surface area (Å²) in [5.74, 6) is 0.729. The van der Waals surface area contributed by atoms with Crippen LogP contribution in [-0.2, 0) is 6.54 Å². The molecular weight excluding hydrogens is 210 g/mol. The molecule has 0 spiro atoms. The van der Waals surface area contributed by atoms with Gasteiger partial charge in [0, 0.05) is 25.5 Å². The molecule has 0 bridgehead atoms. The number of rotatable bonds is 2. The van der Waals surface area contributed by atoms with Gasteiger partial charge in [-0.25, -0.2) is 0 Å². The summed E-state index contributed by atoms with van der Waals surface area (Å²) in [6, 6.07) is 2.10. The molecule has 1 aromatic rings. The van der Waals surface area contributed by atoms with E-state index in [-0.39, 0.29) is 0 Å². The molecule has 1 atom stereocenters. The topological polar surface area (TPSA) is 28.2 Å². The molecule has 0 amide bonds. The van der Waals surface area contributed by atoms with Crippen molar-refractivity contribution in [2.45, 2.75) is 26.8 Å². The van der Waals surface area contributed by atoms with Crippen molar-refractivity contribution in [3.05, 3.63) is 29.6 Å². The summed E-state index contributed by atoms with van der Waals surface area (Å²) >= 11 is 0. The fourth-order valence-electron chi connectivity index (χ4n) is 2.42. The number of pyridine rings is 1. The van der Waals surface area contributed by atoms with E-state index in [9.17, 15) is 0 Å². The first-order valence-electron chi connectivity index (χ1n) is 6.58. The molecule has 0 saturated carbocycles. The summed E-state index contributed by atoms with van der Waals surface area (Å²) in [6.07, 6.45) is 5.13. The highest BCUT2D eigenvalue weighted by atomic mass is 15.1. The van der Waals surface area contributed by atoms with Crippen LogP contribution >= 0.6 is 0 Å². The van der Waals surface area contributed by atoms with Crippen molar-refractivity contribution in [3.63, 3.8) is 0 Å². The highest BCUT2D eigenvalue weighted by Crippen LogP contribution is 2.12. The zero-order valence-corrected chi connectivity index (χ0v) is 10.9. The van der Waals surface area contributed by atoms with Crippen LogP contribution in [0.1, 0.15) is 24.5 Å². The van der Waals surface area contributed by atoms with Crippen molar-refractivity contribution in [3.8, 4) is 0 Å². The molecular formula is C14H23N3. The SMILES string of the molecule is Cc1ccncc1CN1CCCNCC(C)C1. The first-order valence-corrected chi connectivity index (χ1v) is 6.58. The number of aromatic nitrogens is 1. The largest absolute Gasteiger partial charge is 0.316 e. The van der Waals surface area contributed by atoms with Crippen molar-refractivity contribution < 1.29 is 0 Å². The van der Waals surface area contributed by atoms with Gasteiger partial charge in [-0.2, -0.15) is 0 Å². The molecule has 17 heavy (non-hydrogen) atoms. The molecule has 3 heteroatoms. The van der Waals surface area contributed by atoms with Crippen LogP contribution in [0.4, 0.5) is 0 Å². The molecule has 0 radical (unpaired) electrons. The Hall–Kier alpha value is -0.930. The zero-order valence-electron chi connectivity index (χ0n) is 10.9. The van der Waals surface area contributed by atoms with Crippen molar-refractivity contribution >= 4 is 0 Å². The van der Waals surface area contributed by atoms with E-state index < -0.39 is 0 Å². The summed E-state index contributed by atoms with van der Waals surface area (Å²) in [5.41, 5.74) is 2.72. The Balaban J connectivity index is 1.98. The minimum atomic E-state index is 0.729. The number of nitrogens with zero attached hydrogens (tertiary/aromatic N) is 2. The molecule has 3 nitrogen and oxygen atoms in total. The summed E-state index contributed by atoms with van der Waals surface area (Å²) in [6.45, 7) is 10.2. The standard InChI is InChI=1S/C14H23N3/c1-12-8-15-5-3-7-17(10-12)11-14-9-16-6-4-13(14)2/h4,6,9,12,15H,3,5,7-8,10-11H2,1-2H3. The second-order valence-electron chi connectivity index (χ2n) is 5.20. The third kappa shape index (κ3) is 3.79. The number of hydrogen-bond donors (Lipinski definition) is 1. The van der Waals surface area contributed by atoms with E-state index in [4.69, 9.17) is 0 Å². The van der Waals surface area contributed by atoms with Gasteiger partial charge in [0.1, 0.15) is 0 Å². The molecule has 1 unspecified atom stereocenters. The van der Waals surface area contributed by atoms with Crippen LogP contribution in [0.25, 0.3) is 0 Å². The van der Waals surface area contributed by atoms with Crippen LogP contribution in [0.5, 0.6) is 0 Å². The monoisotopic (exact) mass is 233 g/mol. The second-order valence-corrected chi connectivity index (χ2v) is 5.20. The Morgan fingerprint density at radius 2 is 2.41 bits per heavy atom. The van der Waals surface area contributed by atoms with Gasteiger partial charge >= 0.3 is 0 Å². The van der Waals surface area contributed by atoms with Gasteiger partial charge in [0.25, 0.3) is 0 Å². The van der Waals surface area contributed by atoms with Gasteiger partial charge in [0.15, 0.2) is 0 Å². The molecule has 1 aliphatic heterocycles. The predicted octanol–water partition coefficient (Wildman–Crippen LogP) is 1.82. The van der Waals surface area contributed by atoms with E-state index in [0.29, 0.717) is 0 Å². The van der Waals surface area contributed by atoms with Crippen molar-refractivity contribution in [1.82, 2.24) is 15.2 Å². The van der Waals surface area contributed by atoms with Gasteiger partial charge in [-0.1, -0.05) is 6.92 Å². The summed E-state index contributed by atoms with van der Waals surface area (Å²) in [7, 11) is 0. The molecule has 1 aliphatic rings. The fourth-order valence-corrected chi connectivity index (χ4v) is 2.42. The molecule has 1 fully saturated rings. The van der Waals surface area contributed by atoms with Gasteiger partial charge in [-0.05, 0) is 56.1 Å². The molecule has 94 valence electrons. The molecule has 1 aromatic heterocycles. The summed E-state index contributed by atoms with van der Waals surface area (Å²) < 4.78 is 0. The fraction of sp³-hybridized carbons (Fsp3) is 0.643. The Bertz CT molecular complexity index is 351. The first kappa shape index (κ1) is 12.5. The molecule has 2 heterocycles. The van der Waals surface area contributed by atoms with Gasteiger partial charge in [-0.15, -0.1) is 0 Å². The lowest BCUT2D eigenvalue weighted by Gasteiger charge is -2.29. The van der Waals surface area contributed by atoms with E-state index in [1.165, 1.54) is 30.6 Å². The average Bonchev–Trinajstić information content (AvgIpc) is 2.28. The smallest absolute Gasteiger partial charge is 0.0315 e. The van der Waals surface area contributed by atoms with Crippen LogP contribution in [-0.4, -0.2) is 36.1 Å². The number of nitrogens with one attached hydrogen (secondary N) is 1. The van der Waals surface area contributed by atoms with Gasteiger partial charge in [0.05, 0.1) is 0 Å². The normalized spacial score (nSPS) is 23.1. The Kier molecular flexibility index (Phi) is 4.51. The molecule has 1 saturated heterocycles. The van der Waals surface area contributed by atoms with E-state index >= 15 is 0 Å². The summed E-state index contributed by atoms with van der Waals surface area (Å²) in [5, 5.41) is 3.49. The third-order valence-electron chi connectivity index (χ3n) is 3.43. The van der Waals surface area contributed by atoms with E-state index in [0.717, 1.165) is 25.6 Å². The third-order valence-corrected chi connectivity index (χ3v) is 3.43. The maximum atomic E-state index is 4.23. The Morgan fingerprint density at radius 1 is 1.53 bits per heavy atom. The average molecular weight is 233 g/mol. The lowest BCUT2D eigenvalue weighted by Crippen LogP contribution is -2.38. The quantitative estimate of drug-likeness (QED) is 0.844. The molecule has 0 aliphatic carbocycles. The van der Waals surface area contributed by atoms with Crippen LogP contribution in [0.2, 0.25) is 0 Å². The minimum absolute atomic E-state index is 0.729. The van der Waals surface area contributed by atoms with Gasteiger partial charge < -0.3 is 5.32 Å². The lowest BCUT2D eigenvalue weighted by molar-refractivity contribution is 0.208.